The highest BCUT2D eigenvalue weighted by Gasteiger charge is 2.35. The minimum atomic E-state index is -0.297. The van der Waals surface area contributed by atoms with Gasteiger partial charge in [0.25, 0.3) is 0 Å². The fourth-order valence-corrected chi connectivity index (χ4v) is 4.03. The highest BCUT2D eigenvalue weighted by molar-refractivity contribution is 5.81. The third-order valence-electron chi connectivity index (χ3n) is 5.83. The van der Waals surface area contributed by atoms with Crippen LogP contribution >= 0.6 is 0 Å². The topological polar surface area (TPSA) is 61.4 Å². The van der Waals surface area contributed by atoms with Crippen LogP contribution in [0.3, 0.4) is 0 Å². The molecule has 0 radical (unpaired) electrons. The predicted octanol–water partition coefficient (Wildman–Crippen LogP) is 4.45. The van der Waals surface area contributed by atoms with Crippen LogP contribution in [0.4, 0.5) is 9.18 Å². The molecule has 0 aliphatic carbocycles. The molecule has 2 aromatic carbocycles. The summed E-state index contributed by atoms with van der Waals surface area (Å²) in [5.41, 5.74) is 2.08. The van der Waals surface area contributed by atoms with Gasteiger partial charge in [-0.15, -0.1) is 0 Å². The lowest BCUT2D eigenvalue weighted by Gasteiger charge is -2.39. The zero-order valence-electron chi connectivity index (χ0n) is 18.1. The number of likely N-dealkylation sites (tertiary alicyclic amines) is 1. The number of rotatable bonds is 8. The van der Waals surface area contributed by atoms with Crippen LogP contribution in [0.1, 0.15) is 49.8 Å². The monoisotopic (exact) mass is 425 g/mol. The Kier molecular flexibility index (Phi) is 8.44. The van der Waals surface area contributed by atoms with Crippen molar-refractivity contribution in [3.05, 3.63) is 71.5 Å². The Hall–Kier alpha value is -2.89. The van der Waals surface area contributed by atoms with Gasteiger partial charge >= 0.3 is 6.03 Å². The zero-order valence-corrected chi connectivity index (χ0v) is 18.1. The maximum absolute atomic E-state index is 13.4. The Bertz CT molecular complexity index is 842. The SMILES string of the molecule is CCCCNC(=O)N1C[C@@H](C(=O)NCCc2ccccc2)CC[C@H]1c1ccc(F)cc1. The van der Waals surface area contributed by atoms with E-state index in [1.54, 1.807) is 17.0 Å². The van der Waals surface area contributed by atoms with Crippen LogP contribution in [0, 0.1) is 11.7 Å². The summed E-state index contributed by atoms with van der Waals surface area (Å²) in [6.45, 7) is 3.61. The first-order valence-corrected chi connectivity index (χ1v) is 11.2. The summed E-state index contributed by atoms with van der Waals surface area (Å²) in [4.78, 5) is 27.4. The molecule has 0 spiro atoms. The van der Waals surface area contributed by atoms with E-state index in [1.165, 1.54) is 17.7 Å². The summed E-state index contributed by atoms with van der Waals surface area (Å²) in [6.07, 6.45) is 4.04. The number of nitrogens with zero attached hydrogens (tertiary/aromatic N) is 1. The Morgan fingerprint density at radius 1 is 1.00 bits per heavy atom. The fraction of sp³-hybridized carbons (Fsp3) is 0.440. The van der Waals surface area contributed by atoms with Crippen molar-refractivity contribution < 1.29 is 14.0 Å². The van der Waals surface area contributed by atoms with Gasteiger partial charge in [0, 0.05) is 19.6 Å². The largest absolute Gasteiger partial charge is 0.355 e. The van der Waals surface area contributed by atoms with Crippen molar-refractivity contribution in [2.75, 3.05) is 19.6 Å². The third-order valence-corrected chi connectivity index (χ3v) is 5.83. The molecule has 5 nitrogen and oxygen atoms in total. The van der Waals surface area contributed by atoms with Gasteiger partial charge in [0.15, 0.2) is 0 Å². The van der Waals surface area contributed by atoms with Gasteiger partial charge in [-0.05, 0) is 48.9 Å². The van der Waals surface area contributed by atoms with Gasteiger partial charge in [-0.1, -0.05) is 55.8 Å². The fourth-order valence-electron chi connectivity index (χ4n) is 4.03. The predicted molar refractivity (Wildman–Crippen MR) is 120 cm³/mol. The smallest absolute Gasteiger partial charge is 0.317 e. The summed E-state index contributed by atoms with van der Waals surface area (Å²) < 4.78 is 13.4. The van der Waals surface area contributed by atoms with Crippen molar-refractivity contribution >= 4 is 11.9 Å². The van der Waals surface area contributed by atoms with Gasteiger partial charge in [-0.3, -0.25) is 4.79 Å². The molecule has 0 saturated carbocycles. The lowest BCUT2D eigenvalue weighted by Crippen LogP contribution is -2.50. The number of nitrogens with one attached hydrogen (secondary N) is 2. The molecule has 2 aromatic rings. The lowest BCUT2D eigenvalue weighted by atomic mass is 9.88. The average molecular weight is 426 g/mol. The highest BCUT2D eigenvalue weighted by Crippen LogP contribution is 2.33. The number of carbonyl (C=O) groups excluding carboxylic acids is 2. The molecule has 1 fully saturated rings. The molecule has 2 N–H and O–H groups in total. The minimum absolute atomic E-state index is 0.0140. The number of benzene rings is 2. The van der Waals surface area contributed by atoms with Crippen LogP contribution in [-0.4, -0.2) is 36.5 Å². The van der Waals surface area contributed by atoms with E-state index in [0.717, 1.165) is 24.8 Å². The molecule has 1 aliphatic rings. The molecule has 2 atom stereocenters. The van der Waals surface area contributed by atoms with E-state index in [0.29, 0.717) is 32.5 Å². The van der Waals surface area contributed by atoms with Crippen LogP contribution in [0.15, 0.2) is 54.6 Å². The first-order valence-electron chi connectivity index (χ1n) is 11.2. The van der Waals surface area contributed by atoms with Crippen molar-refractivity contribution in [2.45, 2.75) is 45.1 Å². The molecule has 31 heavy (non-hydrogen) atoms. The Morgan fingerprint density at radius 2 is 1.74 bits per heavy atom. The first-order chi connectivity index (χ1) is 15.1. The summed E-state index contributed by atoms with van der Waals surface area (Å²) in [6, 6.07) is 16.0. The van der Waals surface area contributed by atoms with Crippen molar-refractivity contribution in [2.24, 2.45) is 5.92 Å². The van der Waals surface area contributed by atoms with Gasteiger partial charge in [0.05, 0.1) is 12.0 Å². The summed E-state index contributed by atoms with van der Waals surface area (Å²) in [5, 5.41) is 6.00. The van der Waals surface area contributed by atoms with Gasteiger partial charge in [0.2, 0.25) is 5.91 Å². The third kappa shape index (κ3) is 6.54. The Labute approximate surface area is 184 Å². The number of piperidine rings is 1. The van der Waals surface area contributed by atoms with Crippen molar-refractivity contribution in [1.82, 2.24) is 15.5 Å². The second-order valence-electron chi connectivity index (χ2n) is 8.11. The van der Waals surface area contributed by atoms with E-state index < -0.39 is 0 Å². The van der Waals surface area contributed by atoms with Gasteiger partial charge in [-0.2, -0.15) is 0 Å². The van der Waals surface area contributed by atoms with Crippen LogP contribution in [0.25, 0.3) is 0 Å². The number of unbranched alkanes of at least 4 members (excludes halogenated alkanes) is 1. The van der Waals surface area contributed by atoms with Gasteiger partial charge in [-0.25, -0.2) is 9.18 Å². The van der Waals surface area contributed by atoms with Crippen LogP contribution in [0.5, 0.6) is 0 Å². The standard InChI is InChI=1S/C25H32FN3O2/c1-2-3-16-28-25(31)29-18-21(11-14-23(29)20-9-12-22(26)13-10-20)24(30)27-17-15-19-7-5-4-6-8-19/h4-10,12-13,21,23H,2-3,11,14-18H2,1H3,(H,27,30)(H,28,31)/t21-,23-/m0/s1. The second kappa shape index (κ2) is 11.5. The van der Waals surface area contributed by atoms with E-state index in [-0.39, 0.29) is 29.7 Å². The Balaban J connectivity index is 1.62. The highest BCUT2D eigenvalue weighted by atomic mass is 19.1. The van der Waals surface area contributed by atoms with Crippen molar-refractivity contribution in [3.63, 3.8) is 0 Å². The molecule has 0 unspecified atom stereocenters. The van der Waals surface area contributed by atoms with Crippen molar-refractivity contribution in [3.8, 4) is 0 Å². The van der Waals surface area contributed by atoms with Crippen molar-refractivity contribution in [1.29, 1.82) is 0 Å². The molecule has 1 heterocycles. The van der Waals surface area contributed by atoms with Crippen LogP contribution < -0.4 is 10.6 Å². The maximum Gasteiger partial charge on any atom is 0.317 e. The molecule has 1 saturated heterocycles. The molecule has 0 bridgehead atoms. The minimum Gasteiger partial charge on any atom is -0.355 e. The number of halogens is 1. The first kappa shape index (κ1) is 22.8. The summed E-state index contributed by atoms with van der Waals surface area (Å²) in [7, 11) is 0. The molecule has 1 aliphatic heterocycles. The maximum atomic E-state index is 13.4. The zero-order chi connectivity index (χ0) is 22.1. The molecular formula is C25H32FN3O2. The normalized spacial score (nSPS) is 18.5. The molecule has 3 amide bonds. The van der Waals surface area contributed by atoms with Crippen LogP contribution in [-0.2, 0) is 11.2 Å². The van der Waals surface area contributed by atoms with Gasteiger partial charge in [0.1, 0.15) is 5.82 Å². The Morgan fingerprint density at radius 3 is 2.45 bits per heavy atom. The van der Waals surface area contributed by atoms with E-state index >= 15 is 0 Å². The van der Waals surface area contributed by atoms with Gasteiger partial charge < -0.3 is 15.5 Å². The number of amides is 3. The van der Waals surface area contributed by atoms with Crippen LogP contribution in [0.2, 0.25) is 0 Å². The quantitative estimate of drug-likeness (QED) is 0.614. The molecule has 166 valence electrons. The number of hydrogen-bond acceptors (Lipinski definition) is 2. The molecule has 3 rings (SSSR count). The second-order valence-corrected chi connectivity index (χ2v) is 8.11. The average Bonchev–Trinajstić information content (AvgIpc) is 2.80. The number of carbonyl (C=O) groups is 2. The number of hydrogen-bond donors (Lipinski definition) is 2. The summed E-state index contributed by atoms with van der Waals surface area (Å²) >= 11 is 0. The van der Waals surface area contributed by atoms with E-state index in [2.05, 4.69) is 17.6 Å². The van der Waals surface area contributed by atoms with E-state index in [9.17, 15) is 14.0 Å². The molecule has 0 aromatic heterocycles. The summed E-state index contributed by atoms with van der Waals surface area (Å²) in [5.74, 6) is -0.557. The van der Waals surface area contributed by atoms with E-state index in [4.69, 9.17) is 0 Å². The molecule has 6 heteroatoms. The molecular weight excluding hydrogens is 393 g/mol. The van der Waals surface area contributed by atoms with E-state index in [1.807, 2.05) is 30.3 Å². The number of urea groups is 1. The lowest BCUT2D eigenvalue weighted by molar-refractivity contribution is -0.126.